The molecule has 8 heteroatoms. The second kappa shape index (κ2) is 13.7. The predicted octanol–water partition coefficient (Wildman–Crippen LogP) is 6.07. The van der Waals surface area contributed by atoms with Crippen molar-refractivity contribution in [2.75, 3.05) is 12.0 Å². The molecule has 2 rings (SSSR count). The Kier molecular flexibility index (Phi) is 11.6. The van der Waals surface area contributed by atoms with Crippen molar-refractivity contribution in [3.63, 3.8) is 0 Å². The largest absolute Gasteiger partial charge is 0.444 e. The summed E-state index contributed by atoms with van der Waals surface area (Å²) in [6.07, 6.45) is 7.03. The highest BCUT2D eigenvalue weighted by Gasteiger charge is 2.43. The van der Waals surface area contributed by atoms with Crippen LogP contribution in [0.3, 0.4) is 0 Å². The van der Waals surface area contributed by atoms with Crippen molar-refractivity contribution in [3.05, 3.63) is 34.9 Å². The standard InChI is InChI=1S/C30H49N3O4S/c1-20-14-13-15-21(2)24(20)25(26(34)31-22-16-11-10-12-17-22)33(29(3,4)5)27(35)23(18-19-38-9)32-28(36)37-30(6,7)8/h13-15,22-23,25H,10-12,16-19H2,1-9H3,(H,31,34)(H,32,36). The fraction of sp³-hybridized carbons (Fsp3) is 0.700. The Hall–Kier alpha value is -2.22. The van der Waals surface area contributed by atoms with Gasteiger partial charge in [-0.3, -0.25) is 9.59 Å². The van der Waals surface area contributed by atoms with Gasteiger partial charge in [0.1, 0.15) is 17.7 Å². The first-order valence-corrected chi connectivity index (χ1v) is 15.2. The third-order valence-electron chi connectivity index (χ3n) is 6.83. The van der Waals surface area contributed by atoms with E-state index in [4.69, 9.17) is 4.74 Å². The quantitative estimate of drug-likeness (QED) is 0.392. The summed E-state index contributed by atoms with van der Waals surface area (Å²) >= 11 is 1.60. The topological polar surface area (TPSA) is 87.7 Å². The summed E-state index contributed by atoms with van der Waals surface area (Å²) in [5.74, 6) is 0.217. The summed E-state index contributed by atoms with van der Waals surface area (Å²) in [6, 6.07) is 4.39. The molecule has 0 aliphatic heterocycles. The molecule has 2 atom stereocenters. The van der Waals surface area contributed by atoms with E-state index in [9.17, 15) is 14.4 Å². The maximum absolute atomic E-state index is 14.4. The Balaban J connectivity index is 2.56. The molecule has 0 saturated heterocycles. The van der Waals surface area contributed by atoms with Gasteiger partial charge in [0, 0.05) is 11.6 Å². The van der Waals surface area contributed by atoms with Gasteiger partial charge < -0.3 is 20.3 Å². The van der Waals surface area contributed by atoms with Crippen LogP contribution in [0.2, 0.25) is 0 Å². The summed E-state index contributed by atoms with van der Waals surface area (Å²) in [5, 5.41) is 6.10. The van der Waals surface area contributed by atoms with Crippen molar-refractivity contribution in [1.82, 2.24) is 15.5 Å². The lowest BCUT2D eigenvalue weighted by molar-refractivity contribution is -0.148. The lowest BCUT2D eigenvalue weighted by Crippen LogP contribution is -2.59. The van der Waals surface area contributed by atoms with Gasteiger partial charge >= 0.3 is 6.09 Å². The third-order valence-corrected chi connectivity index (χ3v) is 7.48. The molecule has 38 heavy (non-hydrogen) atoms. The first-order valence-electron chi connectivity index (χ1n) is 13.8. The lowest BCUT2D eigenvalue weighted by atomic mass is 9.89. The van der Waals surface area contributed by atoms with Crippen molar-refractivity contribution in [2.24, 2.45) is 0 Å². The number of rotatable bonds is 9. The highest BCUT2D eigenvalue weighted by atomic mass is 32.2. The Morgan fingerprint density at radius 2 is 1.61 bits per heavy atom. The van der Waals surface area contributed by atoms with Crippen LogP contribution in [-0.4, -0.2) is 58.0 Å². The lowest BCUT2D eigenvalue weighted by Gasteiger charge is -2.44. The molecule has 2 unspecified atom stereocenters. The number of carbonyl (C=O) groups is 3. The number of hydrogen-bond acceptors (Lipinski definition) is 5. The molecule has 0 spiro atoms. The van der Waals surface area contributed by atoms with Crippen molar-refractivity contribution in [2.45, 2.75) is 123 Å². The fourth-order valence-corrected chi connectivity index (χ4v) is 5.59. The summed E-state index contributed by atoms with van der Waals surface area (Å²) in [6.45, 7) is 15.2. The highest BCUT2D eigenvalue weighted by Crippen LogP contribution is 2.34. The van der Waals surface area contributed by atoms with Crippen molar-refractivity contribution in [3.8, 4) is 0 Å². The van der Waals surface area contributed by atoms with Gasteiger partial charge in [0.2, 0.25) is 11.8 Å². The van der Waals surface area contributed by atoms with Crippen LogP contribution in [0.1, 0.15) is 103 Å². The number of thioether (sulfide) groups is 1. The number of nitrogens with one attached hydrogen (secondary N) is 2. The molecule has 1 saturated carbocycles. The van der Waals surface area contributed by atoms with Gasteiger partial charge in [-0.05, 0) is 103 Å². The van der Waals surface area contributed by atoms with E-state index in [-0.39, 0.29) is 17.9 Å². The van der Waals surface area contributed by atoms with Gasteiger partial charge in [-0.2, -0.15) is 11.8 Å². The normalized spacial score (nSPS) is 16.3. The van der Waals surface area contributed by atoms with Crippen LogP contribution >= 0.6 is 11.8 Å². The van der Waals surface area contributed by atoms with Crippen LogP contribution in [0.15, 0.2) is 18.2 Å². The summed E-state index contributed by atoms with van der Waals surface area (Å²) < 4.78 is 5.49. The molecule has 1 aromatic carbocycles. The minimum atomic E-state index is -0.831. The Labute approximate surface area is 234 Å². The number of amides is 3. The molecule has 0 heterocycles. The van der Waals surface area contributed by atoms with E-state index in [1.54, 1.807) is 37.4 Å². The number of alkyl carbamates (subject to hydrolysis) is 1. The molecule has 0 radical (unpaired) electrons. The van der Waals surface area contributed by atoms with E-state index in [0.29, 0.717) is 12.2 Å². The van der Waals surface area contributed by atoms with Gasteiger partial charge in [-0.15, -0.1) is 0 Å². The number of aryl methyl sites for hydroxylation is 2. The van der Waals surface area contributed by atoms with Crippen LogP contribution in [0.5, 0.6) is 0 Å². The summed E-state index contributed by atoms with van der Waals surface area (Å²) in [4.78, 5) is 43.0. The van der Waals surface area contributed by atoms with Crippen LogP contribution < -0.4 is 10.6 Å². The molecule has 0 aromatic heterocycles. The fourth-order valence-electron chi connectivity index (χ4n) is 5.12. The Morgan fingerprint density at radius 3 is 2.11 bits per heavy atom. The van der Waals surface area contributed by atoms with Crippen molar-refractivity contribution < 1.29 is 19.1 Å². The monoisotopic (exact) mass is 547 g/mol. The molecular weight excluding hydrogens is 498 g/mol. The number of nitrogens with zero attached hydrogens (tertiary/aromatic N) is 1. The SMILES string of the molecule is CSCCC(NC(=O)OC(C)(C)C)C(=O)N(C(C(=O)NC1CCCCC1)c1c(C)cccc1C)C(C)(C)C. The first-order chi connectivity index (χ1) is 17.7. The smallest absolute Gasteiger partial charge is 0.408 e. The number of benzene rings is 1. The first kappa shape index (κ1) is 32.0. The predicted molar refractivity (Wildman–Crippen MR) is 156 cm³/mol. The second-order valence-electron chi connectivity index (χ2n) is 12.4. The van der Waals surface area contributed by atoms with E-state index in [0.717, 1.165) is 42.4 Å². The minimum absolute atomic E-state index is 0.104. The third kappa shape index (κ3) is 9.21. The number of hydrogen-bond donors (Lipinski definition) is 2. The zero-order chi connectivity index (χ0) is 28.7. The van der Waals surface area contributed by atoms with Crippen molar-refractivity contribution in [1.29, 1.82) is 0 Å². The number of ether oxygens (including phenoxy) is 1. The zero-order valence-electron chi connectivity index (χ0n) is 24.9. The Morgan fingerprint density at radius 1 is 1.03 bits per heavy atom. The van der Waals surface area contributed by atoms with Crippen LogP contribution in [0.25, 0.3) is 0 Å². The highest BCUT2D eigenvalue weighted by molar-refractivity contribution is 7.98. The average Bonchev–Trinajstić information content (AvgIpc) is 2.79. The molecule has 2 N–H and O–H groups in total. The minimum Gasteiger partial charge on any atom is -0.444 e. The molecule has 1 aromatic rings. The molecule has 7 nitrogen and oxygen atoms in total. The second-order valence-corrected chi connectivity index (χ2v) is 13.4. The molecule has 1 fully saturated rings. The molecule has 214 valence electrons. The number of carbonyl (C=O) groups excluding carboxylic acids is 3. The zero-order valence-corrected chi connectivity index (χ0v) is 25.7. The van der Waals surface area contributed by atoms with Gasteiger partial charge in [0.25, 0.3) is 0 Å². The van der Waals surface area contributed by atoms with Gasteiger partial charge in [0.05, 0.1) is 0 Å². The van der Waals surface area contributed by atoms with Crippen LogP contribution in [0, 0.1) is 13.8 Å². The maximum Gasteiger partial charge on any atom is 0.408 e. The average molecular weight is 548 g/mol. The van der Waals surface area contributed by atoms with E-state index in [1.807, 2.05) is 59.1 Å². The summed E-state index contributed by atoms with van der Waals surface area (Å²) in [5.41, 5.74) is 1.35. The van der Waals surface area contributed by atoms with Gasteiger partial charge in [-0.1, -0.05) is 37.5 Å². The van der Waals surface area contributed by atoms with E-state index < -0.39 is 29.3 Å². The van der Waals surface area contributed by atoms with E-state index >= 15 is 0 Å². The molecule has 1 aliphatic carbocycles. The van der Waals surface area contributed by atoms with E-state index in [2.05, 4.69) is 10.6 Å². The van der Waals surface area contributed by atoms with Crippen LogP contribution in [-0.2, 0) is 14.3 Å². The molecule has 3 amide bonds. The maximum atomic E-state index is 14.4. The Bertz CT molecular complexity index is 941. The van der Waals surface area contributed by atoms with Crippen LogP contribution in [0.4, 0.5) is 4.79 Å². The molecule has 0 bridgehead atoms. The summed E-state index contributed by atoms with van der Waals surface area (Å²) in [7, 11) is 0. The van der Waals surface area contributed by atoms with Gasteiger partial charge in [-0.25, -0.2) is 4.79 Å². The molecular formula is C30H49N3O4S. The van der Waals surface area contributed by atoms with Gasteiger partial charge in [0.15, 0.2) is 0 Å². The molecule has 1 aliphatic rings. The van der Waals surface area contributed by atoms with Crippen molar-refractivity contribution >= 4 is 29.7 Å². The van der Waals surface area contributed by atoms with E-state index in [1.165, 1.54) is 6.42 Å².